The predicted octanol–water partition coefficient (Wildman–Crippen LogP) is 5.51. The number of imidazole rings is 2. The van der Waals surface area contributed by atoms with Gasteiger partial charge < -0.3 is 24.7 Å². The van der Waals surface area contributed by atoms with Crippen LogP contribution in [-0.4, -0.2) is 77.0 Å². The normalized spacial score (nSPS) is 14.6. The van der Waals surface area contributed by atoms with Gasteiger partial charge in [0.05, 0.1) is 22.1 Å². The number of hydrogen-bond acceptors (Lipinski definition) is 5. The van der Waals surface area contributed by atoms with Crippen molar-refractivity contribution in [1.82, 2.24) is 24.8 Å². The van der Waals surface area contributed by atoms with Crippen LogP contribution in [0.4, 0.5) is 11.4 Å². The SMILES string of the molecule is CCN(CCCl)c1ccc(Cc2nc3cc(-c4nc5cc(N6CCN(C)CC6)ccc5[nH]4)ccc3[nH]2)cc1. The van der Waals surface area contributed by atoms with E-state index in [0.29, 0.717) is 5.88 Å². The topological polar surface area (TPSA) is 67.1 Å². The van der Waals surface area contributed by atoms with Gasteiger partial charge in [-0.05, 0) is 68.1 Å². The standard InChI is InChI=1S/C30H34ClN7/c1-3-37(13-12-31)23-7-4-21(5-8-23)18-29-32-25-10-6-22(19-27(25)33-29)30-34-26-11-9-24(20-28(26)35-30)38-16-14-36(2)15-17-38/h4-11,19-20H,3,12-18H2,1-2H3,(H,32,33)(H,34,35). The maximum absolute atomic E-state index is 5.95. The molecule has 0 aliphatic carbocycles. The Hall–Kier alpha value is -3.55. The second kappa shape index (κ2) is 10.7. The zero-order valence-electron chi connectivity index (χ0n) is 22.0. The maximum atomic E-state index is 5.95. The first kappa shape index (κ1) is 24.8. The van der Waals surface area contributed by atoms with Gasteiger partial charge in [0, 0.05) is 68.5 Å². The Bertz CT molecular complexity index is 1530. The first-order valence-corrected chi connectivity index (χ1v) is 13.9. The third-order valence-corrected chi connectivity index (χ3v) is 7.72. The van der Waals surface area contributed by atoms with Gasteiger partial charge in [0.1, 0.15) is 11.6 Å². The van der Waals surface area contributed by atoms with Gasteiger partial charge in [-0.25, -0.2) is 9.97 Å². The summed E-state index contributed by atoms with van der Waals surface area (Å²) in [6.45, 7) is 8.23. The number of aromatic nitrogens is 4. The molecule has 0 spiro atoms. The molecule has 8 heteroatoms. The summed E-state index contributed by atoms with van der Waals surface area (Å²) in [5, 5.41) is 0. The Balaban J connectivity index is 1.20. The lowest BCUT2D eigenvalue weighted by molar-refractivity contribution is 0.313. The maximum Gasteiger partial charge on any atom is 0.138 e. The van der Waals surface area contributed by atoms with Crippen molar-refractivity contribution in [3.8, 4) is 11.4 Å². The van der Waals surface area contributed by atoms with Crippen LogP contribution >= 0.6 is 11.6 Å². The van der Waals surface area contributed by atoms with Gasteiger partial charge in [0.25, 0.3) is 0 Å². The van der Waals surface area contributed by atoms with Gasteiger partial charge >= 0.3 is 0 Å². The molecule has 0 amide bonds. The van der Waals surface area contributed by atoms with Crippen LogP contribution in [0, 0.1) is 0 Å². The number of halogens is 1. The number of alkyl halides is 1. The van der Waals surface area contributed by atoms with E-state index in [0.717, 1.165) is 85.0 Å². The van der Waals surface area contributed by atoms with Gasteiger partial charge in [-0.1, -0.05) is 12.1 Å². The van der Waals surface area contributed by atoms with Crippen LogP contribution < -0.4 is 9.80 Å². The van der Waals surface area contributed by atoms with Crippen molar-refractivity contribution in [3.63, 3.8) is 0 Å². The summed E-state index contributed by atoms with van der Waals surface area (Å²) in [5.41, 5.74) is 8.74. The first-order valence-electron chi connectivity index (χ1n) is 13.4. The van der Waals surface area contributed by atoms with Gasteiger partial charge in [-0.2, -0.15) is 0 Å². The average molecular weight is 528 g/mol. The third kappa shape index (κ3) is 5.08. The lowest BCUT2D eigenvalue weighted by Gasteiger charge is -2.34. The van der Waals surface area contributed by atoms with Crippen LogP contribution in [0.15, 0.2) is 60.7 Å². The van der Waals surface area contributed by atoms with Crippen LogP contribution in [0.5, 0.6) is 0 Å². The Kier molecular flexibility index (Phi) is 6.96. The first-order chi connectivity index (χ1) is 18.6. The number of nitrogens with one attached hydrogen (secondary N) is 2. The average Bonchev–Trinajstić information content (AvgIpc) is 3.55. The van der Waals surface area contributed by atoms with E-state index in [2.05, 4.69) is 99.3 Å². The summed E-state index contributed by atoms with van der Waals surface area (Å²) in [7, 11) is 2.18. The molecule has 0 saturated carbocycles. The number of piperazine rings is 1. The summed E-state index contributed by atoms with van der Waals surface area (Å²) < 4.78 is 0. The van der Waals surface area contributed by atoms with Gasteiger partial charge in [-0.3, -0.25) is 0 Å². The van der Waals surface area contributed by atoms with Crippen LogP contribution in [0.3, 0.4) is 0 Å². The lowest BCUT2D eigenvalue weighted by Crippen LogP contribution is -2.44. The minimum Gasteiger partial charge on any atom is -0.371 e. The molecule has 0 atom stereocenters. The van der Waals surface area contributed by atoms with Crippen LogP contribution in [-0.2, 0) is 6.42 Å². The molecular formula is C30H34ClN7. The highest BCUT2D eigenvalue weighted by Crippen LogP contribution is 2.27. The quantitative estimate of drug-likeness (QED) is 0.260. The van der Waals surface area contributed by atoms with E-state index >= 15 is 0 Å². The molecule has 38 heavy (non-hydrogen) atoms. The lowest BCUT2D eigenvalue weighted by atomic mass is 10.1. The van der Waals surface area contributed by atoms with Gasteiger partial charge in [0.15, 0.2) is 0 Å². The van der Waals surface area contributed by atoms with Crippen molar-refractivity contribution in [3.05, 3.63) is 72.1 Å². The van der Waals surface area contributed by atoms with E-state index < -0.39 is 0 Å². The fourth-order valence-corrected chi connectivity index (χ4v) is 5.48. The molecule has 1 aliphatic rings. The highest BCUT2D eigenvalue weighted by Gasteiger charge is 2.16. The van der Waals surface area contributed by atoms with E-state index in [4.69, 9.17) is 21.6 Å². The van der Waals surface area contributed by atoms with E-state index in [-0.39, 0.29) is 0 Å². The van der Waals surface area contributed by atoms with Crippen molar-refractivity contribution in [2.75, 3.05) is 62.0 Å². The minimum absolute atomic E-state index is 0.627. The molecule has 7 nitrogen and oxygen atoms in total. The smallest absolute Gasteiger partial charge is 0.138 e. The fraction of sp³-hybridized carbons (Fsp3) is 0.333. The molecule has 1 aliphatic heterocycles. The number of nitrogens with zero attached hydrogens (tertiary/aromatic N) is 5. The largest absolute Gasteiger partial charge is 0.371 e. The molecule has 196 valence electrons. The molecule has 3 heterocycles. The number of likely N-dealkylation sites (N-methyl/N-ethyl adjacent to an activating group) is 1. The van der Waals surface area contributed by atoms with Crippen molar-refractivity contribution in [2.24, 2.45) is 0 Å². The summed E-state index contributed by atoms with van der Waals surface area (Å²) in [5.74, 6) is 2.46. The highest BCUT2D eigenvalue weighted by atomic mass is 35.5. The number of hydrogen-bond donors (Lipinski definition) is 2. The zero-order chi connectivity index (χ0) is 26.1. The minimum atomic E-state index is 0.627. The van der Waals surface area contributed by atoms with Crippen molar-refractivity contribution >= 4 is 45.0 Å². The van der Waals surface area contributed by atoms with E-state index in [1.165, 1.54) is 16.9 Å². The second-order valence-electron chi connectivity index (χ2n) is 10.1. The zero-order valence-corrected chi connectivity index (χ0v) is 22.8. The number of anilines is 2. The monoisotopic (exact) mass is 527 g/mol. The van der Waals surface area contributed by atoms with Crippen LogP contribution in [0.2, 0.25) is 0 Å². The molecule has 0 radical (unpaired) electrons. The summed E-state index contributed by atoms with van der Waals surface area (Å²) in [6.07, 6.45) is 0.756. The van der Waals surface area contributed by atoms with Gasteiger partial charge in [0.2, 0.25) is 0 Å². The molecular weight excluding hydrogens is 494 g/mol. The number of fused-ring (bicyclic) bond motifs is 2. The summed E-state index contributed by atoms with van der Waals surface area (Å²) >= 11 is 5.95. The summed E-state index contributed by atoms with van der Waals surface area (Å²) in [6, 6.07) is 21.5. The molecule has 2 aromatic heterocycles. The molecule has 0 bridgehead atoms. The van der Waals surface area contributed by atoms with Gasteiger partial charge in [-0.15, -0.1) is 11.6 Å². The molecule has 5 aromatic rings. The van der Waals surface area contributed by atoms with Crippen LogP contribution in [0.1, 0.15) is 18.3 Å². The third-order valence-electron chi connectivity index (χ3n) is 7.55. The van der Waals surface area contributed by atoms with E-state index in [1.807, 2.05) is 0 Å². The highest BCUT2D eigenvalue weighted by molar-refractivity contribution is 6.18. The number of rotatable bonds is 8. The Morgan fingerprint density at radius 3 is 2.37 bits per heavy atom. The molecule has 0 unspecified atom stereocenters. The van der Waals surface area contributed by atoms with Crippen molar-refractivity contribution in [1.29, 1.82) is 0 Å². The summed E-state index contributed by atoms with van der Waals surface area (Å²) in [4.78, 5) is 23.9. The van der Waals surface area contributed by atoms with Crippen LogP contribution in [0.25, 0.3) is 33.5 Å². The second-order valence-corrected chi connectivity index (χ2v) is 10.5. The van der Waals surface area contributed by atoms with Crippen molar-refractivity contribution < 1.29 is 0 Å². The molecule has 6 rings (SSSR count). The Labute approximate surface area is 228 Å². The number of H-pyrrole nitrogens is 2. The number of aromatic amines is 2. The van der Waals surface area contributed by atoms with E-state index in [9.17, 15) is 0 Å². The molecule has 1 saturated heterocycles. The Morgan fingerprint density at radius 1 is 0.868 bits per heavy atom. The Morgan fingerprint density at radius 2 is 1.61 bits per heavy atom. The fourth-order valence-electron chi connectivity index (χ4n) is 5.27. The molecule has 1 fully saturated rings. The molecule has 2 N–H and O–H groups in total. The predicted molar refractivity (Wildman–Crippen MR) is 159 cm³/mol. The van der Waals surface area contributed by atoms with E-state index in [1.54, 1.807) is 0 Å². The number of benzene rings is 3. The molecule has 3 aromatic carbocycles. The van der Waals surface area contributed by atoms with Crippen molar-refractivity contribution in [2.45, 2.75) is 13.3 Å².